The molecule has 14 heavy (non-hydrogen) atoms. The van der Waals surface area contributed by atoms with Gasteiger partial charge in [-0.15, -0.1) is 0 Å². The van der Waals surface area contributed by atoms with Gasteiger partial charge < -0.3 is 4.74 Å². The first-order valence-electron chi connectivity index (χ1n) is 4.26. The zero-order valence-electron chi connectivity index (χ0n) is 7.87. The van der Waals surface area contributed by atoms with Crippen molar-refractivity contribution in [2.45, 2.75) is 13.5 Å². The number of hydrogen-bond acceptors (Lipinski definition) is 2. The van der Waals surface area contributed by atoms with Gasteiger partial charge in [0.2, 0.25) is 0 Å². The summed E-state index contributed by atoms with van der Waals surface area (Å²) in [6.45, 7) is 1.91. The van der Waals surface area contributed by atoms with Gasteiger partial charge in [-0.1, -0.05) is 18.2 Å². The number of halogens is 1. The lowest BCUT2D eigenvalue weighted by molar-refractivity contribution is -0.139. The average Bonchev–Trinajstić information content (AvgIpc) is 2.17. The Labute approximate surface area is 82.0 Å². The zero-order chi connectivity index (χ0) is 10.4. The molecule has 0 aromatic heterocycles. The van der Waals surface area contributed by atoms with Crippen molar-refractivity contribution >= 4 is 5.97 Å². The van der Waals surface area contributed by atoms with E-state index in [9.17, 15) is 9.18 Å². The molecule has 0 fully saturated rings. The Morgan fingerprint density at radius 2 is 2.07 bits per heavy atom. The molecule has 0 bridgehead atoms. The molecule has 0 saturated carbocycles. The van der Waals surface area contributed by atoms with Crippen LogP contribution in [-0.4, -0.2) is 5.97 Å². The highest BCUT2D eigenvalue weighted by atomic mass is 19.1. The molecule has 0 aliphatic heterocycles. The van der Waals surface area contributed by atoms with Crippen LogP contribution in [0, 0.1) is 5.82 Å². The van der Waals surface area contributed by atoms with Crippen molar-refractivity contribution in [1.29, 1.82) is 0 Å². The van der Waals surface area contributed by atoms with Crippen LogP contribution in [0.2, 0.25) is 0 Å². The fourth-order valence-corrected chi connectivity index (χ4v) is 0.919. The molecule has 3 heteroatoms. The molecule has 0 heterocycles. The number of carbonyl (C=O) groups is 1. The van der Waals surface area contributed by atoms with E-state index in [0.29, 0.717) is 0 Å². The van der Waals surface area contributed by atoms with Crippen LogP contribution >= 0.6 is 0 Å². The summed E-state index contributed by atoms with van der Waals surface area (Å²) in [6, 6.07) is 5.83. The van der Waals surface area contributed by atoms with E-state index in [1.807, 2.05) is 0 Å². The molecule has 1 aromatic carbocycles. The van der Waals surface area contributed by atoms with Gasteiger partial charge in [0, 0.05) is 6.08 Å². The quantitative estimate of drug-likeness (QED) is 0.545. The lowest BCUT2D eigenvalue weighted by Crippen LogP contribution is -2.00. The van der Waals surface area contributed by atoms with Crippen molar-refractivity contribution in [3.63, 3.8) is 0 Å². The topological polar surface area (TPSA) is 26.3 Å². The van der Waals surface area contributed by atoms with Gasteiger partial charge in [0.15, 0.2) is 0 Å². The van der Waals surface area contributed by atoms with Gasteiger partial charge in [-0.2, -0.15) is 0 Å². The van der Waals surface area contributed by atoms with E-state index in [2.05, 4.69) is 0 Å². The van der Waals surface area contributed by atoms with Crippen LogP contribution in [0.1, 0.15) is 12.5 Å². The molecule has 0 atom stereocenters. The van der Waals surface area contributed by atoms with Crippen LogP contribution in [0.5, 0.6) is 0 Å². The molecule has 0 spiro atoms. The van der Waals surface area contributed by atoms with Crippen LogP contribution in [-0.2, 0) is 16.1 Å². The first kappa shape index (κ1) is 10.4. The highest BCUT2D eigenvalue weighted by Gasteiger charge is 1.98. The standard InChI is InChI=1S/C11H11FO2/c1-2-3-11(13)14-8-9-4-6-10(12)7-5-9/h2-7H,8H2,1H3/b3-2+. The largest absolute Gasteiger partial charge is 0.458 e. The van der Waals surface area contributed by atoms with E-state index in [1.54, 1.807) is 25.1 Å². The fourth-order valence-electron chi connectivity index (χ4n) is 0.919. The predicted molar refractivity (Wildman–Crippen MR) is 51.0 cm³/mol. The summed E-state index contributed by atoms with van der Waals surface area (Å²) in [5.74, 6) is -0.689. The molecule has 0 N–H and O–H groups in total. The summed E-state index contributed by atoms with van der Waals surface area (Å²) in [4.78, 5) is 10.9. The van der Waals surface area contributed by atoms with Gasteiger partial charge in [0.25, 0.3) is 0 Å². The van der Waals surface area contributed by atoms with Gasteiger partial charge in [-0.25, -0.2) is 9.18 Å². The SMILES string of the molecule is C/C=C/C(=O)OCc1ccc(F)cc1. The monoisotopic (exact) mass is 194 g/mol. The summed E-state index contributed by atoms with van der Waals surface area (Å²) in [5.41, 5.74) is 0.768. The summed E-state index contributed by atoms with van der Waals surface area (Å²) >= 11 is 0. The summed E-state index contributed by atoms with van der Waals surface area (Å²) in [5, 5.41) is 0. The lowest BCUT2D eigenvalue weighted by atomic mass is 10.2. The van der Waals surface area contributed by atoms with Crippen molar-refractivity contribution in [2.24, 2.45) is 0 Å². The van der Waals surface area contributed by atoms with E-state index in [0.717, 1.165) is 5.56 Å². The van der Waals surface area contributed by atoms with Crippen LogP contribution in [0.3, 0.4) is 0 Å². The summed E-state index contributed by atoms with van der Waals surface area (Å²) in [6.07, 6.45) is 2.94. The number of ether oxygens (including phenoxy) is 1. The molecule has 0 saturated heterocycles. The van der Waals surface area contributed by atoms with Crippen molar-refractivity contribution < 1.29 is 13.9 Å². The molecule has 0 unspecified atom stereocenters. The minimum Gasteiger partial charge on any atom is -0.458 e. The van der Waals surface area contributed by atoms with E-state index < -0.39 is 5.97 Å². The molecule has 0 amide bonds. The van der Waals surface area contributed by atoms with Gasteiger partial charge >= 0.3 is 5.97 Å². The second-order valence-corrected chi connectivity index (χ2v) is 2.73. The number of allylic oxidation sites excluding steroid dienone is 1. The Balaban J connectivity index is 2.46. The Bertz CT molecular complexity index is 328. The normalized spacial score (nSPS) is 10.4. The average molecular weight is 194 g/mol. The fraction of sp³-hybridized carbons (Fsp3) is 0.182. The van der Waals surface area contributed by atoms with Crippen LogP contribution in [0.15, 0.2) is 36.4 Å². The van der Waals surface area contributed by atoms with Crippen LogP contribution < -0.4 is 0 Å². The number of carbonyl (C=O) groups excluding carboxylic acids is 1. The van der Waals surface area contributed by atoms with Crippen molar-refractivity contribution in [2.75, 3.05) is 0 Å². The van der Waals surface area contributed by atoms with Crippen molar-refractivity contribution in [1.82, 2.24) is 0 Å². The second-order valence-electron chi connectivity index (χ2n) is 2.73. The van der Waals surface area contributed by atoms with Crippen LogP contribution in [0.25, 0.3) is 0 Å². The first-order valence-corrected chi connectivity index (χ1v) is 4.26. The molecular weight excluding hydrogens is 183 g/mol. The predicted octanol–water partition coefficient (Wildman–Crippen LogP) is 2.45. The minimum absolute atomic E-state index is 0.170. The maximum absolute atomic E-state index is 12.5. The van der Waals surface area contributed by atoms with Gasteiger partial charge in [0.05, 0.1) is 0 Å². The molecule has 0 aliphatic rings. The maximum atomic E-state index is 12.5. The molecule has 2 nitrogen and oxygen atoms in total. The third kappa shape index (κ3) is 3.39. The van der Waals surface area contributed by atoms with E-state index in [4.69, 9.17) is 4.74 Å². The highest BCUT2D eigenvalue weighted by Crippen LogP contribution is 2.04. The zero-order valence-corrected chi connectivity index (χ0v) is 7.87. The first-order chi connectivity index (χ1) is 6.72. The molecule has 74 valence electrons. The molecule has 0 aliphatic carbocycles. The lowest BCUT2D eigenvalue weighted by Gasteiger charge is -2.01. The molecule has 0 radical (unpaired) electrons. The third-order valence-electron chi connectivity index (χ3n) is 1.60. The Morgan fingerprint density at radius 3 is 2.64 bits per heavy atom. The minimum atomic E-state index is -0.392. The summed E-state index contributed by atoms with van der Waals surface area (Å²) in [7, 11) is 0. The van der Waals surface area contributed by atoms with Gasteiger partial charge in [0.1, 0.15) is 12.4 Å². The molecule has 1 rings (SSSR count). The molecular formula is C11H11FO2. The number of benzene rings is 1. The van der Waals surface area contributed by atoms with E-state index in [1.165, 1.54) is 18.2 Å². The van der Waals surface area contributed by atoms with Crippen molar-refractivity contribution in [3.05, 3.63) is 47.8 Å². The summed E-state index contributed by atoms with van der Waals surface area (Å²) < 4.78 is 17.3. The number of hydrogen-bond donors (Lipinski definition) is 0. The smallest absolute Gasteiger partial charge is 0.330 e. The highest BCUT2D eigenvalue weighted by molar-refractivity contribution is 5.81. The third-order valence-corrected chi connectivity index (χ3v) is 1.60. The van der Waals surface area contributed by atoms with E-state index in [-0.39, 0.29) is 12.4 Å². The number of esters is 1. The number of rotatable bonds is 3. The van der Waals surface area contributed by atoms with Gasteiger partial charge in [-0.05, 0) is 24.6 Å². The van der Waals surface area contributed by atoms with E-state index >= 15 is 0 Å². The van der Waals surface area contributed by atoms with Crippen molar-refractivity contribution in [3.8, 4) is 0 Å². The Kier molecular flexibility index (Phi) is 3.85. The molecule has 1 aromatic rings. The van der Waals surface area contributed by atoms with Gasteiger partial charge in [-0.3, -0.25) is 0 Å². The Hall–Kier alpha value is -1.64. The van der Waals surface area contributed by atoms with Crippen LogP contribution in [0.4, 0.5) is 4.39 Å². The Morgan fingerprint density at radius 1 is 1.43 bits per heavy atom. The second kappa shape index (κ2) is 5.17. The maximum Gasteiger partial charge on any atom is 0.330 e.